The van der Waals surface area contributed by atoms with E-state index in [4.69, 9.17) is 14.2 Å². The summed E-state index contributed by atoms with van der Waals surface area (Å²) in [5, 5.41) is 0.950. The van der Waals surface area contributed by atoms with E-state index in [9.17, 15) is 0 Å². The quantitative estimate of drug-likeness (QED) is 0.616. The summed E-state index contributed by atoms with van der Waals surface area (Å²) in [6.45, 7) is 4.14. The van der Waals surface area contributed by atoms with E-state index < -0.39 is 0 Å². The van der Waals surface area contributed by atoms with Gasteiger partial charge in [-0.25, -0.2) is 0 Å². The molecular weight excluding hydrogens is 310 g/mol. The van der Waals surface area contributed by atoms with Crippen molar-refractivity contribution < 1.29 is 14.2 Å². The molecule has 1 rings (SSSR count). The molecule has 0 spiro atoms. The number of hydrogen-bond donors (Lipinski definition) is 0. The van der Waals surface area contributed by atoms with Crippen LogP contribution in [-0.4, -0.2) is 57.3 Å². The molecule has 0 aromatic heterocycles. The molecule has 0 radical (unpaired) electrons. The second kappa shape index (κ2) is 10.1. The normalized spacial score (nSPS) is 10.7. The van der Waals surface area contributed by atoms with Crippen LogP contribution in [0, 0.1) is 0 Å². The van der Waals surface area contributed by atoms with Gasteiger partial charge in [0.1, 0.15) is 6.61 Å². The number of para-hydroxylation sites is 2. The Morgan fingerprint density at radius 1 is 1.00 bits per heavy atom. The summed E-state index contributed by atoms with van der Waals surface area (Å²) in [4.78, 5) is 2.30. The third-order valence-electron chi connectivity index (χ3n) is 2.75. The van der Waals surface area contributed by atoms with E-state index >= 15 is 0 Å². The lowest BCUT2D eigenvalue weighted by Gasteiger charge is -2.21. The van der Waals surface area contributed by atoms with Gasteiger partial charge in [0.2, 0.25) is 0 Å². The fraction of sp³-hybridized carbons (Fsp3) is 0.571. The lowest BCUT2D eigenvalue weighted by atomic mass is 10.3. The van der Waals surface area contributed by atoms with Crippen LogP contribution >= 0.6 is 15.9 Å². The molecule has 1 aromatic carbocycles. The van der Waals surface area contributed by atoms with E-state index in [-0.39, 0.29) is 0 Å². The van der Waals surface area contributed by atoms with Gasteiger partial charge >= 0.3 is 0 Å². The van der Waals surface area contributed by atoms with Crippen molar-refractivity contribution in [2.45, 2.75) is 0 Å². The zero-order chi connectivity index (χ0) is 13.9. The summed E-state index contributed by atoms with van der Waals surface area (Å²) in [6, 6.07) is 7.69. The van der Waals surface area contributed by atoms with E-state index in [1.54, 1.807) is 14.2 Å². The molecule has 0 aliphatic rings. The number of methoxy groups -OCH3 is 2. The van der Waals surface area contributed by atoms with Gasteiger partial charge in [-0.15, -0.1) is 0 Å². The molecule has 0 saturated heterocycles. The van der Waals surface area contributed by atoms with Crippen molar-refractivity contribution in [3.63, 3.8) is 0 Å². The molecule has 0 fully saturated rings. The summed E-state index contributed by atoms with van der Waals surface area (Å²) in [6.07, 6.45) is 0. The zero-order valence-electron chi connectivity index (χ0n) is 11.6. The van der Waals surface area contributed by atoms with Crippen LogP contribution in [0.15, 0.2) is 24.3 Å². The summed E-state index contributed by atoms with van der Waals surface area (Å²) < 4.78 is 16.1. The molecule has 108 valence electrons. The summed E-state index contributed by atoms with van der Waals surface area (Å²) in [7, 11) is 3.37. The highest BCUT2D eigenvalue weighted by atomic mass is 79.9. The van der Waals surface area contributed by atoms with Crippen LogP contribution in [0.2, 0.25) is 0 Å². The molecule has 0 bridgehead atoms. The topological polar surface area (TPSA) is 30.9 Å². The molecule has 5 heteroatoms. The van der Waals surface area contributed by atoms with Crippen molar-refractivity contribution in [3.8, 4) is 11.5 Å². The Balaban J connectivity index is 2.38. The minimum Gasteiger partial charge on any atom is -0.493 e. The van der Waals surface area contributed by atoms with Crippen molar-refractivity contribution in [2.24, 2.45) is 0 Å². The second-order valence-electron chi connectivity index (χ2n) is 4.02. The van der Waals surface area contributed by atoms with Crippen molar-refractivity contribution >= 4 is 15.9 Å². The van der Waals surface area contributed by atoms with Crippen LogP contribution in [0.4, 0.5) is 0 Å². The first kappa shape index (κ1) is 16.3. The molecular formula is C14H22BrNO3. The van der Waals surface area contributed by atoms with Gasteiger partial charge in [0.25, 0.3) is 0 Å². The molecule has 0 heterocycles. The monoisotopic (exact) mass is 331 g/mol. The van der Waals surface area contributed by atoms with E-state index in [0.717, 1.165) is 43.1 Å². The molecule has 0 amide bonds. The van der Waals surface area contributed by atoms with Crippen molar-refractivity contribution in [1.82, 2.24) is 4.90 Å². The largest absolute Gasteiger partial charge is 0.493 e. The molecule has 0 aliphatic heterocycles. The maximum atomic E-state index is 5.76. The molecule has 19 heavy (non-hydrogen) atoms. The SMILES string of the molecule is COCCN(CCBr)CCOc1ccccc1OC. The number of hydrogen-bond acceptors (Lipinski definition) is 4. The highest BCUT2D eigenvalue weighted by molar-refractivity contribution is 9.09. The molecule has 0 atom stereocenters. The predicted octanol–water partition coefficient (Wildman–Crippen LogP) is 2.42. The first-order valence-electron chi connectivity index (χ1n) is 6.35. The second-order valence-corrected chi connectivity index (χ2v) is 4.82. The maximum Gasteiger partial charge on any atom is 0.161 e. The first-order valence-corrected chi connectivity index (χ1v) is 7.47. The van der Waals surface area contributed by atoms with E-state index in [1.165, 1.54) is 0 Å². The van der Waals surface area contributed by atoms with Crippen LogP contribution in [0.3, 0.4) is 0 Å². The molecule has 0 unspecified atom stereocenters. The lowest BCUT2D eigenvalue weighted by Crippen LogP contribution is -2.33. The third kappa shape index (κ3) is 6.27. The van der Waals surface area contributed by atoms with E-state index in [1.807, 2.05) is 24.3 Å². The van der Waals surface area contributed by atoms with E-state index in [2.05, 4.69) is 20.8 Å². The lowest BCUT2D eigenvalue weighted by molar-refractivity contribution is 0.138. The summed E-state index contributed by atoms with van der Waals surface area (Å²) >= 11 is 3.46. The van der Waals surface area contributed by atoms with Gasteiger partial charge in [-0.1, -0.05) is 28.1 Å². The minimum atomic E-state index is 0.636. The molecule has 0 N–H and O–H groups in total. The van der Waals surface area contributed by atoms with Gasteiger partial charge in [0, 0.05) is 32.1 Å². The van der Waals surface area contributed by atoms with Crippen molar-refractivity contribution in [1.29, 1.82) is 0 Å². The van der Waals surface area contributed by atoms with Gasteiger partial charge in [0.05, 0.1) is 13.7 Å². The van der Waals surface area contributed by atoms with Crippen LogP contribution < -0.4 is 9.47 Å². The summed E-state index contributed by atoms with van der Waals surface area (Å²) in [5.74, 6) is 1.56. The Bertz CT molecular complexity index is 349. The van der Waals surface area contributed by atoms with Gasteiger partial charge in [0.15, 0.2) is 11.5 Å². The predicted molar refractivity (Wildman–Crippen MR) is 80.6 cm³/mol. The number of alkyl halides is 1. The number of halogens is 1. The van der Waals surface area contributed by atoms with E-state index in [0.29, 0.717) is 6.61 Å². The highest BCUT2D eigenvalue weighted by Crippen LogP contribution is 2.25. The van der Waals surface area contributed by atoms with Crippen LogP contribution in [0.5, 0.6) is 11.5 Å². The first-order chi connectivity index (χ1) is 9.31. The Hall–Kier alpha value is -0.780. The minimum absolute atomic E-state index is 0.636. The number of ether oxygens (including phenoxy) is 3. The maximum absolute atomic E-state index is 5.76. The van der Waals surface area contributed by atoms with Crippen molar-refractivity contribution in [2.75, 3.05) is 52.4 Å². The third-order valence-corrected chi connectivity index (χ3v) is 3.10. The Labute approximate surface area is 123 Å². The van der Waals surface area contributed by atoms with Crippen LogP contribution in [-0.2, 0) is 4.74 Å². The average molecular weight is 332 g/mol. The molecule has 4 nitrogen and oxygen atoms in total. The van der Waals surface area contributed by atoms with Gasteiger partial charge in [-0.3, -0.25) is 4.90 Å². The standard InChI is InChI=1S/C14H22BrNO3/c1-17-11-9-16(8-7-15)10-12-19-14-6-4-3-5-13(14)18-2/h3-6H,7-12H2,1-2H3. The number of nitrogens with zero attached hydrogens (tertiary/aromatic N) is 1. The van der Waals surface area contributed by atoms with Crippen LogP contribution in [0.1, 0.15) is 0 Å². The Morgan fingerprint density at radius 3 is 2.32 bits per heavy atom. The van der Waals surface area contributed by atoms with Gasteiger partial charge < -0.3 is 14.2 Å². The van der Waals surface area contributed by atoms with Crippen LogP contribution in [0.25, 0.3) is 0 Å². The highest BCUT2D eigenvalue weighted by Gasteiger charge is 2.06. The summed E-state index contributed by atoms with van der Waals surface area (Å²) in [5.41, 5.74) is 0. The Kier molecular flexibility index (Phi) is 8.62. The fourth-order valence-electron chi connectivity index (χ4n) is 1.70. The molecule has 0 saturated carbocycles. The van der Waals surface area contributed by atoms with Gasteiger partial charge in [-0.05, 0) is 12.1 Å². The molecule has 0 aliphatic carbocycles. The molecule has 1 aromatic rings. The number of benzene rings is 1. The van der Waals surface area contributed by atoms with Gasteiger partial charge in [-0.2, -0.15) is 0 Å². The average Bonchev–Trinajstić information content (AvgIpc) is 2.45. The Morgan fingerprint density at radius 2 is 1.68 bits per heavy atom. The zero-order valence-corrected chi connectivity index (χ0v) is 13.2. The fourth-order valence-corrected chi connectivity index (χ4v) is 2.20. The number of rotatable bonds is 10. The van der Waals surface area contributed by atoms with Crippen molar-refractivity contribution in [3.05, 3.63) is 24.3 Å². The smallest absolute Gasteiger partial charge is 0.161 e.